The van der Waals surface area contributed by atoms with Crippen LogP contribution in [0.15, 0.2) is 41.3 Å². The Kier molecular flexibility index (Phi) is 3.24. The van der Waals surface area contributed by atoms with Gasteiger partial charge in [0.25, 0.3) is 5.56 Å². The summed E-state index contributed by atoms with van der Waals surface area (Å²) in [5.74, 6) is 0. The van der Waals surface area contributed by atoms with E-state index in [0.29, 0.717) is 0 Å². The Morgan fingerprint density at radius 2 is 2.06 bits per heavy atom. The molecule has 0 saturated heterocycles. The lowest BCUT2D eigenvalue weighted by Gasteiger charge is -2.15. The molecule has 4 nitrogen and oxygen atoms in total. The number of pyridine rings is 2. The zero-order valence-corrected chi connectivity index (χ0v) is 10.3. The standard InChI is InChI=1S/C14H13N3O/c1-10(2)17-13(12-5-3-4-8-16-12)7-6-11(9-15)14(17)18/h3-8,10H,1-2H3. The third-order valence-electron chi connectivity index (χ3n) is 2.68. The Morgan fingerprint density at radius 3 is 2.61 bits per heavy atom. The maximum atomic E-state index is 12.1. The van der Waals surface area contributed by atoms with E-state index in [9.17, 15) is 4.79 Å². The van der Waals surface area contributed by atoms with E-state index in [2.05, 4.69) is 4.98 Å². The van der Waals surface area contributed by atoms with E-state index in [1.165, 1.54) is 0 Å². The third kappa shape index (κ3) is 2.03. The monoisotopic (exact) mass is 239 g/mol. The van der Waals surface area contributed by atoms with Gasteiger partial charge in [-0.2, -0.15) is 5.26 Å². The van der Waals surface area contributed by atoms with E-state index < -0.39 is 0 Å². The van der Waals surface area contributed by atoms with Crippen molar-refractivity contribution in [3.05, 3.63) is 52.4 Å². The Balaban J connectivity index is 2.74. The van der Waals surface area contributed by atoms with Crippen molar-refractivity contribution in [1.82, 2.24) is 9.55 Å². The Bertz CT molecular complexity index is 651. The molecule has 0 aliphatic rings. The van der Waals surface area contributed by atoms with Crippen LogP contribution in [-0.4, -0.2) is 9.55 Å². The molecule has 2 rings (SSSR count). The average Bonchev–Trinajstić information content (AvgIpc) is 2.39. The molecule has 0 fully saturated rings. The van der Waals surface area contributed by atoms with Gasteiger partial charge < -0.3 is 4.57 Å². The van der Waals surface area contributed by atoms with Crippen molar-refractivity contribution in [3.8, 4) is 17.5 Å². The summed E-state index contributed by atoms with van der Waals surface area (Å²) in [6, 6.07) is 10.7. The van der Waals surface area contributed by atoms with Crippen LogP contribution in [0, 0.1) is 11.3 Å². The van der Waals surface area contributed by atoms with E-state index in [-0.39, 0.29) is 17.2 Å². The van der Waals surface area contributed by atoms with Gasteiger partial charge in [-0.05, 0) is 38.1 Å². The van der Waals surface area contributed by atoms with Crippen LogP contribution in [0.1, 0.15) is 25.5 Å². The minimum Gasteiger partial charge on any atom is -0.303 e. The van der Waals surface area contributed by atoms with Crippen LogP contribution in [-0.2, 0) is 0 Å². The predicted octanol–water partition coefficient (Wildman–Crippen LogP) is 2.36. The average molecular weight is 239 g/mol. The molecule has 0 N–H and O–H groups in total. The molecule has 0 aliphatic heterocycles. The molecule has 0 aliphatic carbocycles. The molecular formula is C14H13N3O. The normalized spacial score (nSPS) is 10.3. The number of aromatic nitrogens is 2. The van der Waals surface area contributed by atoms with Gasteiger partial charge in [0.15, 0.2) is 0 Å². The minimum atomic E-state index is -0.268. The number of rotatable bonds is 2. The molecule has 90 valence electrons. The highest BCUT2D eigenvalue weighted by Gasteiger charge is 2.13. The summed E-state index contributed by atoms with van der Waals surface area (Å²) in [4.78, 5) is 16.4. The highest BCUT2D eigenvalue weighted by Crippen LogP contribution is 2.18. The summed E-state index contributed by atoms with van der Waals surface area (Å²) in [7, 11) is 0. The van der Waals surface area contributed by atoms with Gasteiger partial charge in [0.05, 0.1) is 11.4 Å². The van der Waals surface area contributed by atoms with Crippen LogP contribution in [0.2, 0.25) is 0 Å². The number of hydrogen-bond donors (Lipinski definition) is 0. The van der Waals surface area contributed by atoms with Crippen molar-refractivity contribution in [1.29, 1.82) is 5.26 Å². The summed E-state index contributed by atoms with van der Waals surface area (Å²) >= 11 is 0. The molecule has 0 aromatic carbocycles. The Hall–Kier alpha value is -2.41. The molecule has 0 bridgehead atoms. The topological polar surface area (TPSA) is 58.7 Å². The van der Waals surface area contributed by atoms with Gasteiger partial charge in [0.2, 0.25) is 0 Å². The van der Waals surface area contributed by atoms with Gasteiger partial charge in [-0.15, -0.1) is 0 Å². The molecule has 0 atom stereocenters. The molecule has 2 heterocycles. The van der Waals surface area contributed by atoms with Crippen LogP contribution in [0.5, 0.6) is 0 Å². The van der Waals surface area contributed by atoms with Crippen molar-refractivity contribution < 1.29 is 0 Å². The second-order valence-corrected chi connectivity index (χ2v) is 4.23. The van der Waals surface area contributed by atoms with Gasteiger partial charge in [-0.3, -0.25) is 9.78 Å². The molecule has 0 saturated carbocycles. The summed E-state index contributed by atoms with van der Waals surface area (Å²) < 4.78 is 1.60. The van der Waals surface area contributed by atoms with Crippen molar-refractivity contribution >= 4 is 0 Å². The third-order valence-corrected chi connectivity index (χ3v) is 2.68. The van der Waals surface area contributed by atoms with Crippen molar-refractivity contribution in [3.63, 3.8) is 0 Å². The van der Waals surface area contributed by atoms with Crippen LogP contribution >= 0.6 is 0 Å². The van der Waals surface area contributed by atoms with E-state index in [1.54, 1.807) is 22.9 Å². The largest absolute Gasteiger partial charge is 0.303 e. The van der Waals surface area contributed by atoms with Gasteiger partial charge in [-0.1, -0.05) is 6.07 Å². The van der Waals surface area contributed by atoms with Crippen LogP contribution < -0.4 is 5.56 Å². The molecule has 0 spiro atoms. The first kappa shape index (κ1) is 12.1. The molecule has 2 aromatic heterocycles. The summed E-state index contributed by atoms with van der Waals surface area (Å²) in [6.07, 6.45) is 1.68. The lowest BCUT2D eigenvalue weighted by atomic mass is 10.1. The zero-order valence-electron chi connectivity index (χ0n) is 10.3. The van der Waals surface area contributed by atoms with E-state index in [1.807, 2.05) is 38.1 Å². The highest BCUT2D eigenvalue weighted by atomic mass is 16.1. The maximum absolute atomic E-state index is 12.1. The molecule has 0 amide bonds. The van der Waals surface area contributed by atoms with Gasteiger partial charge >= 0.3 is 0 Å². The second kappa shape index (κ2) is 4.84. The predicted molar refractivity (Wildman–Crippen MR) is 69.0 cm³/mol. The van der Waals surface area contributed by atoms with Crippen molar-refractivity contribution in [2.24, 2.45) is 0 Å². The summed E-state index contributed by atoms with van der Waals surface area (Å²) in [5, 5.41) is 8.91. The molecule has 0 radical (unpaired) electrons. The van der Waals surface area contributed by atoms with E-state index in [0.717, 1.165) is 11.4 Å². The lowest BCUT2D eigenvalue weighted by molar-refractivity contribution is 0.583. The quantitative estimate of drug-likeness (QED) is 0.808. The minimum absolute atomic E-state index is 0.0252. The second-order valence-electron chi connectivity index (χ2n) is 4.23. The highest BCUT2D eigenvalue weighted by molar-refractivity contribution is 5.55. The Labute approximate surface area is 105 Å². The zero-order chi connectivity index (χ0) is 13.1. The first-order chi connectivity index (χ1) is 8.65. The molecule has 4 heteroatoms. The summed E-state index contributed by atoms with van der Waals surface area (Å²) in [6.45, 7) is 3.82. The lowest BCUT2D eigenvalue weighted by Crippen LogP contribution is -2.25. The fraction of sp³-hybridized carbons (Fsp3) is 0.214. The van der Waals surface area contributed by atoms with E-state index in [4.69, 9.17) is 5.26 Å². The first-order valence-corrected chi connectivity index (χ1v) is 5.72. The molecule has 0 unspecified atom stereocenters. The first-order valence-electron chi connectivity index (χ1n) is 5.72. The molecule has 18 heavy (non-hydrogen) atoms. The van der Waals surface area contributed by atoms with Gasteiger partial charge in [0, 0.05) is 12.2 Å². The summed E-state index contributed by atoms with van der Waals surface area (Å²) in [5.41, 5.74) is 1.35. The number of hydrogen-bond acceptors (Lipinski definition) is 3. The van der Waals surface area contributed by atoms with Crippen molar-refractivity contribution in [2.45, 2.75) is 19.9 Å². The van der Waals surface area contributed by atoms with Gasteiger partial charge in [-0.25, -0.2) is 0 Å². The van der Waals surface area contributed by atoms with E-state index >= 15 is 0 Å². The SMILES string of the molecule is CC(C)n1c(-c2ccccn2)ccc(C#N)c1=O. The number of nitriles is 1. The van der Waals surface area contributed by atoms with Crippen molar-refractivity contribution in [2.75, 3.05) is 0 Å². The van der Waals surface area contributed by atoms with Crippen LogP contribution in [0.4, 0.5) is 0 Å². The smallest absolute Gasteiger partial charge is 0.269 e. The fourth-order valence-electron chi connectivity index (χ4n) is 1.87. The van der Waals surface area contributed by atoms with Crippen LogP contribution in [0.3, 0.4) is 0 Å². The fourth-order valence-corrected chi connectivity index (χ4v) is 1.87. The molecule has 2 aromatic rings. The Morgan fingerprint density at radius 1 is 1.28 bits per heavy atom. The maximum Gasteiger partial charge on any atom is 0.269 e. The molecular weight excluding hydrogens is 226 g/mol. The van der Waals surface area contributed by atoms with Crippen LogP contribution in [0.25, 0.3) is 11.4 Å². The number of nitrogens with zero attached hydrogens (tertiary/aromatic N) is 3. The van der Waals surface area contributed by atoms with Gasteiger partial charge in [0.1, 0.15) is 11.6 Å².